The fourth-order valence-electron chi connectivity index (χ4n) is 2.01. The van der Waals surface area contributed by atoms with Crippen LogP contribution in [0.2, 0.25) is 0 Å². The summed E-state index contributed by atoms with van der Waals surface area (Å²) in [6.45, 7) is -0.0959. The van der Waals surface area contributed by atoms with E-state index in [0.29, 0.717) is 6.42 Å². The van der Waals surface area contributed by atoms with Gasteiger partial charge in [0.05, 0.1) is 18.8 Å². The lowest BCUT2D eigenvalue weighted by atomic mass is 10.1. The molecule has 0 radical (unpaired) electrons. The fourth-order valence-corrected chi connectivity index (χ4v) is 2.01. The summed E-state index contributed by atoms with van der Waals surface area (Å²) in [4.78, 5) is 11.8. The highest BCUT2D eigenvalue weighted by atomic mass is 16.3. The molecule has 0 saturated heterocycles. The molecule has 0 spiro atoms. The Labute approximate surface area is 123 Å². The number of amides is 1. The van der Waals surface area contributed by atoms with E-state index in [1.54, 1.807) is 17.0 Å². The topological polar surface area (TPSA) is 67.2 Å². The van der Waals surface area contributed by atoms with Gasteiger partial charge in [-0.05, 0) is 18.1 Å². The molecule has 1 atom stereocenters. The summed E-state index contributed by atoms with van der Waals surface area (Å²) >= 11 is 0. The Hall–Kier alpha value is -2.40. The molecule has 2 N–H and O–H groups in total. The fraction of sp³-hybridized carbons (Fsp3) is 0.250. The molecule has 1 aromatic heterocycles. The number of hydrogen-bond acceptors (Lipinski definition) is 3. The summed E-state index contributed by atoms with van der Waals surface area (Å²) in [5.74, 6) is -0.228. The molecule has 110 valence electrons. The maximum Gasteiger partial charge on any atom is 0.244 e. The Morgan fingerprint density at radius 2 is 2.19 bits per heavy atom. The van der Waals surface area contributed by atoms with Crippen molar-refractivity contribution in [2.45, 2.75) is 12.5 Å². The highest BCUT2D eigenvalue weighted by molar-refractivity contribution is 5.91. The van der Waals surface area contributed by atoms with Crippen LogP contribution in [-0.2, 0) is 18.3 Å². The molecule has 21 heavy (non-hydrogen) atoms. The lowest BCUT2D eigenvalue weighted by Gasteiger charge is -2.15. The lowest BCUT2D eigenvalue weighted by Crippen LogP contribution is -2.38. The third-order valence-electron chi connectivity index (χ3n) is 3.04. The van der Waals surface area contributed by atoms with Crippen molar-refractivity contribution in [1.82, 2.24) is 15.1 Å². The van der Waals surface area contributed by atoms with Gasteiger partial charge >= 0.3 is 0 Å². The third kappa shape index (κ3) is 4.89. The first-order valence-electron chi connectivity index (χ1n) is 6.79. The van der Waals surface area contributed by atoms with Gasteiger partial charge < -0.3 is 10.4 Å². The number of nitrogens with one attached hydrogen (secondary N) is 1. The summed E-state index contributed by atoms with van der Waals surface area (Å²) in [6, 6.07) is 9.47. The van der Waals surface area contributed by atoms with E-state index in [9.17, 15) is 9.90 Å². The van der Waals surface area contributed by atoms with Crippen molar-refractivity contribution in [2.75, 3.05) is 6.61 Å². The van der Waals surface area contributed by atoms with Crippen LogP contribution in [0.4, 0.5) is 0 Å². The van der Waals surface area contributed by atoms with E-state index >= 15 is 0 Å². The van der Waals surface area contributed by atoms with Crippen molar-refractivity contribution in [1.29, 1.82) is 0 Å². The zero-order valence-electron chi connectivity index (χ0n) is 11.9. The summed E-state index contributed by atoms with van der Waals surface area (Å²) in [7, 11) is 1.82. The third-order valence-corrected chi connectivity index (χ3v) is 3.04. The average molecular weight is 285 g/mol. The van der Waals surface area contributed by atoms with Gasteiger partial charge in [-0.1, -0.05) is 30.3 Å². The van der Waals surface area contributed by atoms with E-state index < -0.39 is 0 Å². The number of carbonyl (C=O) groups is 1. The number of hydrogen-bond donors (Lipinski definition) is 2. The van der Waals surface area contributed by atoms with Crippen LogP contribution in [0.5, 0.6) is 0 Å². The van der Waals surface area contributed by atoms with E-state index in [4.69, 9.17) is 0 Å². The van der Waals surface area contributed by atoms with Gasteiger partial charge in [0, 0.05) is 24.9 Å². The van der Waals surface area contributed by atoms with Gasteiger partial charge in [0.1, 0.15) is 0 Å². The molecule has 0 unspecified atom stereocenters. The van der Waals surface area contributed by atoms with Crippen LogP contribution in [-0.4, -0.2) is 33.4 Å². The summed E-state index contributed by atoms with van der Waals surface area (Å²) in [5.41, 5.74) is 1.93. The summed E-state index contributed by atoms with van der Waals surface area (Å²) in [5, 5.41) is 16.2. The molecule has 0 fully saturated rings. The minimum absolute atomic E-state index is 0.0959. The minimum atomic E-state index is -0.293. The van der Waals surface area contributed by atoms with Gasteiger partial charge in [-0.15, -0.1) is 0 Å². The average Bonchev–Trinajstić information content (AvgIpc) is 2.91. The molecule has 0 aliphatic heterocycles. The van der Waals surface area contributed by atoms with Gasteiger partial charge in [0.2, 0.25) is 5.91 Å². The Balaban J connectivity index is 1.89. The standard InChI is InChI=1S/C16H19N3O2/c1-19-11-14(10-17-19)7-8-16(21)18-15(12-20)9-13-5-3-2-4-6-13/h2-8,10-11,15,20H,9,12H2,1H3,(H,18,21)/b8-7+/t15-/m1/s1. The molecule has 0 aliphatic rings. The number of benzene rings is 1. The lowest BCUT2D eigenvalue weighted by molar-refractivity contribution is -0.117. The number of aromatic nitrogens is 2. The minimum Gasteiger partial charge on any atom is -0.394 e. The second-order valence-electron chi connectivity index (χ2n) is 4.86. The van der Waals surface area contributed by atoms with Crippen LogP contribution in [0.15, 0.2) is 48.8 Å². The van der Waals surface area contributed by atoms with E-state index in [1.165, 1.54) is 6.08 Å². The van der Waals surface area contributed by atoms with Gasteiger partial charge in [-0.2, -0.15) is 5.10 Å². The van der Waals surface area contributed by atoms with Crippen molar-refractivity contribution in [3.05, 3.63) is 59.9 Å². The maximum absolute atomic E-state index is 11.8. The molecule has 5 heteroatoms. The van der Waals surface area contributed by atoms with Crippen molar-refractivity contribution >= 4 is 12.0 Å². The van der Waals surface area contributed by atoms with Crippen LogP contribution in [0.3, 0.4) is 0 Å². The van der Waals surface area contributed by atoms with Gasteiger partial charge in [-0.3, -0.25) is 9.48 Å². The van der Waals surface area contributed by atoms with Crippen LogP contribution in [0.25, 0.3) is 6.08 Å². The van der Waals surface area contributed by atoms with Crippen molar-refractivity contribution < 1.29 is 9.90 Å². The van der Waals surface area contributed by atoms with E-state index in [2.05, 4.69) is 10.4 Å². The molecule has 2 rings (SSSR count). The predicted molar refractivity (Wildman–Crippen MR) is 81.4 cm³/mol. The Morgan fingerprint density at radius 1 is 1.43 bits per heavy atom. The highest BCUT2D eigenvalue weighted by Gasteiger charge is 2.10. The first-order chi connectivity index (χ1) is 10.2. The number of nitrogens with zero attached hydrogens (tertiary/aromatic N) is 2. The van der Waals surface area contributed by atoms with Crippen molar-refractivity contribution in [3.8, 4) is 0 Å². The van der Waals surface area contributed by atoms with Gasteiger partial charge in [-0.25, -0.2) is 0 Å². The first-order valence-corrected chi connectivity index (χ1v) is 6.79. The zero-order valence-corrected chi connectivity index (χ0v) is 11.9. The molecule has 0 bridgehead atoms. The molecule has 0 aliphatic carbocycles. The summed E-state index contributed by atoms with van der Waals surface area (Å²) < 4.78 is 1.67. The molecule has 1 amide bonds. The zero-order chi connectivity index (χ0) is 15.1. The number of aliphatic hydroxyl groups is 1. The molecular weight excluding hydrogens is 266 g/mol. The number of aliphatic hydroxyl groups excluding tert-OH is 1. The normalized spacial score (nSPS) is 12.5. The predicted octanol–water partition coefficient (Wildman–Crippen LogP) is 1.15. The van der Waals surface area contributed by atoms with Crippen LogP contribution in [0, 0.1) is 0 Å². The van der Waals surface area contributed by atoms with E-state index in [1.807, 2.05) is 43.6 Å². The molecule has 1 heterocycles. The number of rotatable bonds is 6. The Bertz CT molecular complexity index is 605. The second-order valence-corrected chi connectivity index (χ2v) is 4.86. The molecule has 0 saturated carbocycles. The largest absolute Gasteiger partial charge is 0.394 e. The Kier molecular flexibility index (Phi) is 5.29. The van der Waals surface area contributed by atoms with E-state index in [-0.39, 0.29) is 18.6 Å². The molecule has 5 nitrogen and oxygen atoms in total. The molecule has 2 aromatic rings. The van der Waals surface area contributed by atoms with Crippen molar-refractivity contribution in [3.63, 3.8) is 0 Å². The van der Waals surface area contributed by atoms with Crippen LogP contribution in [0.1, 0.15) is 11.1 Å². The SMILES string of the molecule is Cn1cc(/C=C/C(=O)N[C@@H](CO)Cc2ccccc2)cn1. The Morgan fingerprint density at radius 3 is 2.81 bits per heavy atom. The maximum atomic E-state index is 11.8. The monoisotopic (exact) mass is 285 g/mol. The van der Waals surface area contributed by atoms with Gasteiger partial charge in [0.15, 0.2) is 0 Å². The quantitative estimate of drug-likeness (QED) is 0.783. The molecule has 1 aromatic carbocycles. The molecular formula is C16H19N3O2. The van der Waals surface area contributed by atoms with Crippen molar-refractivity contribution in [2.24, 2.45) is 7.05 Å². The second kappa shape index (κ2) is 7.40. The number of carbonyl (C=O) groups excluding carboxylic acids is 1. The summed E-state index contributed by atoms with van der Waals surface area (Å²) in [6.07, 6.45) is 7.24. The highest BCUT2D eigenvalue weighted by Crippen LogP contribution is 2.03. The van der Waals surface area contributed by atoms with Crippen LogP contribution >= 0.6 is 0 Å². The van der Waals surface area contributed by atoms with Gasteiger partial charge in [0.25, 0.3) is 0 Å². The first kappa shape index (κ1) is 15.0. The number of aryl methyl sites for hydroxylation is 1. The van der Waals surface area contributed by atoms with Crippen LogP contribution < -0.4 is 5.32 Å². The van der Waals surface area contributed by atoms with E-state index in [0.717, 1.165) is 11.1 Å². The smallest absolute Gasteiger partial charge is 0.244 e.